The summed E-state index contributed by atoms with van der Waals surface area (Å²) < 4.78 is 4.90. The lowest BCUT2D eigenvalue weighted by molar-refractivity contribution is -0.119. The van der Waals surface area contributed by atoms with Crippen LogP contribution >= 0.6 is 0 Å². The van der Waals surface area contributed by atoms with Crippen molar-refractivity contribution >= 4 is 11.9 Å². The van der Waals surface area contributed by atoms with Crippen LogP contribution in [0.15, 0.2) is 4.99 Å². The Balaban J connectivity index is 4.19. The van der Waals surface area contributed by atoms with Crippen molar-refractivity contribution in [3.05, 3.63) is 0 Å². The highest BCUT2D eigenvalue weighted by atomic mass is 16.5. The Kier molecular flexibility index (Phi) is 14.4. The first kappa shape index (κ1) is 22.7. The normalized spacial score (nSPS) is 13.0. The van der Waals surface area contributed by atoms with E-state index in [4.69, 9.17) is 4.74 Å². The van der Waals surface area contributed by atoms with Crippen LogP contribution in [0.5, 0.6) is 0 Å². The molecule has 0 aromatic rings. The Morgan fingerprint density at radius 1 is 1.21 bits per heavy atom. The highest BCUT2D eigenvalue weighted by Crippen LogP contribution is 1.99. The van der Waals surface area contributed by atoms with E-state index in [1.165, 1.54) is 0 Å². The van der Waals surface area contributed by atoms with Crippen molar-refractivity contribution in [2.45, 2.75) is 46.6 Å². The van der Waals surface area contributed by atoms with E-state index < -0.39 is 0 Å². The molecule has 0 saturated carbocycles. The van der Waals surface area contributed by atoms with Crippen LogP contribution in [0.4, 0.5) is 0 Å². The smallest absolute Gasteiger partial charge is 0.241 e. The lowest BCUT2D eigenvalue weighted by atomic mass is 10.2. The average molecular weight is 344 g/mol. The van der Waals surface area contributed by atoms with Crippen molar-refractivity contribution in [1.82, 2.24) is 20.9 Å². The lowest BCUT2D eigenvalue weighted by Gasteiger charge is -2.21. The van der Waals surface area contributed by atoms with Crippen molar-refractivity contribution < 1.29 is 9.53 Å². The molecule has 0 aliphatic rings. The minimum absolute atomic E-state index is 0.0987. The first-order valence-electron chi connectivity index (χ1n) is 9.10. The predicted molar refractivity (Wildman–Crippen MR) is 100 cm³/mol. The Morgan fingerprint density at radius 3 is 2.50 bits per heavy atom. The fourth-order valence-electron chi connectivity index (χ4n) is 2.29. The van der Waals surface area contributed by atoms with Gasteiger partial charge in [-0.05, 0) is 46.3 Å². The molecule has 0 aliphatic heterocycles. The van der Waals surface area contributed by atoms with Crippen molar-refractivity contribution in [3.63, 3.8) is 0 Å². The monoisotopic (exact) mass is 343 g/mol. The summed E-state index contributed by atoms with van der Waals surface area (Å²) in [6.45, 7) is 13.8. The first-order valence-corrected chi connectivity index (χ1v) is 9.10. The van der Waals surface area contributed by atoms with E-state index in [9.17, 15) is 4.79 Å². The summed E-state index contributed by atoms with van der Waals surface area (Å²) in [5, 5.41) is 9.31. The number of ether oxygens (including phenoxy) is 1. The molecule has 0 fully saturated rings. The molecule has 24 heavy (non-hydrogen) atoms. The average Bonchev–Trinajstić information content (AvgIpc) is 2.57. The Labute approximate surface area is 147 Å². The molecule has 1 atom stereocenters. The molecule has 0 radical (unpaired) electrons. The van der Waals surface area contributed by atoms with Gasteiger partial charge in [0.25, 0.3) is 0 Å². The maximum absolute atomic E-state index is 11.7. The maximum Gasteiger partial charge on any atom is 0.241 e. The third kappa shape index (κ3) is 12.1. The molecule has 0 aromatic heterocycles. The topological polar surface area (TPSA) is 78.0 Å². The van der Waals surface area contributed by atoms with Crippen LogP contribution in [0.3, 0.4) is 0 Å². The standard InChI is InChI=1S/C17H37N5O2/c1-6-18-17(20-14-16(23)19-11-13-24-5)21-15(4)10-9-12-22(7-2)8-3/h15H,6-14H2,1-5H3,(H,19,23)(H2,18,20,21). The number of guanidine groups is 1. The molecule has 3 N–H and O–H groups in total. The van der Waals surface area contributed by atoms with Crippen LogP contribution in [0, 0.1) is 0 Å². The summed E-state index contributed by atoms with van der Waals surface area (Å²) in [5.74, 6) is 0.591. The van der Waals surface area contributed by atoms with Crippen LogP contribution in [0.1, 0.15) is 40.5 Å². The van der Waals surface area contributed by atoms with E-state index in [1.54, 1.807) is 7.11 Å². The van der Waals surface area contributed by atoms with Crippen LogP contribution in [0.2, 0.25) is 0 Å². The number of aliphatic imine (C=N–C) groups is 1. The number of carbonyl (C=O) groups is 1. The number of hydrogen-bond donors (Lipinski definition) is 3. The second kappa shape index (κ2) is 15.2. The number of methoxy groups -OCH3 is 1. The van der Waals surface area contributed by atoms with Gasteiger partial charge in [0.05, 0.1) is 6.61 Å². The fraction of sp³-hybridized carbons (Fsp3) is 0.882. The summed E-state index contributed by atoms with van der Waals surface area (Å²) >= 11 is 0. The van der Waals surface area contributed by atoms with Crippen LogP contribution < -0.4 is 16.0 Å². The summed E-state index contributed by atoms with van der Waals surface area (Å²) in [4.78, 5) is 18.5. The highest BCUT2D eigenvalue weighted by Gasteiger charge is 2.07. The predicted octanol–water partition coefficient (Wildman–Crippen LogP) is 0.815. The minimum atomic E-state index is -0.0987. The number of amides is 1. The number of carbonyl (C=O) groups excluding carboxylic acids is 1. The zero-order chi connectivity index (χ0) is 18.2. The van der Waals surface area contributed by atoms with Crippen LogP contribution in [-0.2, 0) is 9.53 Å². The molecule has 0 saturated heterocycles. The van der Waals surface area contributed by atoms with Gasteiger partial charge >= 0.3 is 0 Å². The van der Waals surface area contributed by atoms with Gasteiger partial charge in [-0.25, -0.2) is 4.99 Å². The van der Waals surface area contributed by atoms with Gasteiger partial charge < -0.3 is 25.6 Å². The number of nitrogens with one attached hydrogen (secondary N) is 3. The molecule has 0 spiro atoms. The van der Waals surface area contributed by atoms with Crippen LogP contribution in [-0.4, -0.2) is 75.8 Å². The Hall–Kier alpha value is -1.34. The molecule has 0 bridgehead atoms. The Bertz CT molecular complexity index is 346. The van der Waals surface area contributed by atoms with Crippen LogP contribution in [0.25, 0.3) is 0 Å². The van der Waals surface area contributed by atoms with E-state index in [0.29, 0.717) is 25.2 Å². The van der Waals surface area contributed by atoms with E-state index in [2.05, 4.69) is 46.6 Å². The lowest BCUT2D eigenvalue weighted by Crippen LogP contribution is -2.43. The molecule has 0 heterocycles. The second-order valence-electron chi connectivity index (χ2n) is 5.75. The van der Waals surface area contributed by atoms with Gasteiger partial charge in [0.2, 0.25) is 5.91 Å². The molecule has 7 heteroatoms. The minimum Gasteiger partial charge on any atom is -0.383 e. The quantitative estimate of drug-likeness (QED) is 0.262. The van der Waals surface area contributed by atoms with E-state index in [-0.39, 0.29) is 12.5 Å². The molecule has 0 aromatic carbocycles. The van der Waals surface area contributed by atoms with E-state index in [1.807, 2.05) is 6.92 Å². The zero-order valence-electron chi connectivity index (χ0n) is 16.2. The largest absolute Gasteiger partial charge is 0.383 e. The number of hydrogen-bond acceptors (Lipinski definition) is 4. The van der Waals surface area contributed by atoms with Crippen molar-refractivity contribution in [2.75, 3.05) is 53.0 Å². The molecule has 1 unspecified atom stereocenters. The highest BCUT2D eigenvalue weighted by molar-refractivity contribution is 5.85. The Morgan fingerprint density at radius 2 is 1.92 bits per heavy atom. The van der Waals surface area contributed by atoms with Crippen molar-refractivity contribution in [2.24, 2.45) is 4.99 Å². The molecular formula is C17H37N5O2. The fourth-order valence-corrected chi connectivity index (χ4v) is 2.29. The summed E-state index contributed by atoms with van der Waals surface area (Å²) in [6.07, 6.45) is 2.22. The van der Waals surface area contributed by atoms with Gasteiger partial charge in [-0.1, -0.05) is 13.8 Å². The molecule has 142 valence electrons. The van der Waals surface area contributed by atoms with Gasteiger partial charge in [-0.15, -0.1) is 0 Å². The molecule has 7 nitrogen and oxygen atoms in total. The molecular weight excluding hydrogens is 306 g/mol. The van der Waals surface area contributed by atoms with Gasteiger partial charge in [-0.3, -0.25) is 4.79 Å². The van der Waals surface area contributed by atoms with Gasteiger partial charge in [-0.2, -0.15) is 0 Å². The van der Waals surface area contributed by atoms with Gasteiger partial charge in [0, 0.05) is 26.2 Å². The number of nitrogens with zero attached hydrogens (tertiary/aromatic N) is 2. The molecule has 0 aliphatic carbocycles. The third-order valence-electron chi connectivity index (χ3n) is 3.74. The third-order valence-corrected chi connectivity index (χ3v) is 3.74. The van der Waals surface area contributed by atoms with Crippen molar-refractivity contribution in [3.8, 4) is 0 Å². The summed E-state index contributed by atoms with van der Waals surface area (Å²) in [6, 6.07) is 0.315. The van der Waals surface area contributed by atoms with E-state index in [0.717, 1.165) is 39.0 Å². The second-order valence-corrected chi connectivity index (χ2v) is 5.75. The number of rotatable bonds is 13. The SMILES string of the molecule is CCNC(=NCC(=O)NCCOC)NC(C)CCCN(CC)CC. The maximum atomic E-state index is 11.7. The summed E-state index contributed by atoms with van der Waals surface area (Å²) in [7, 11) is 1.61. The first-order chi connectivity index (χ1) is 11.6. The molecule has 1 amide bonds. The summed E-state index contributed by atoms with van der Waals surface area (Å²) in [5.41, 5.74) is 0. The van der Waals surface area contributed by atoms with Gasteiger partial charge in [0.15, 0.2) is 5.96 Å². The van der Waals surface area contributed by atoms with Crippen molar-refractivity contribution in [1.29, 1.82) is 0 Å². The zero-order valence-corrected chi connectivity index (χ0v) is 16.2. The molecule has 0 rings (SSSR count). The van der Waals surface area contributed by atoms with Gasteiger partial charge in [0.1, 0.15) is 6.54 Å². The van der Waals surface area contributed by atoms with E-state index >= 15 is 0 Å².